The lowest BCUT2D eigenvalue weighted by molar-refractivity contribution is 0.0701. The second-order valence-corrected chi connectivity index (χ2v) is 7.28. The number of hydroxylamine groups is 1. The third-order valence-electron chi connectivity index (χ3n) is 4.17. The number of nitrogens with one attached hydrogen (secondary N) is 2. The maximum Gasteiger partial charge on any atom is 0.277 e. The number of benzene rings is 3. The molecule has 0 aliphatic rings. The van der Waals surface area contributed by atoms with Crippen LogP contribution in [0.25, 0.3) is 0 Å². The summed E-state index contributed by atoms with van der Waals surface area (Å²) >= 11 is 3.13. The third kappa shape index (κ3) is 5.04. The summed E-state index contributed by atoms with van der Waals surface area (Å²) in [5, 5.41) is 11.0. The van der Waals surface area contributed by atoms with E-state index in [9.17, 15) is 22.8 Å². The van der Waals surface area contributed by atoms with Crippen molar-refractivity contribution in [2.45, 2.75) is 6.92 Å². The molecule has 3 aromatic rings. The molecule has 0 aromatic heterocycles. The Kier molecular flexibility index (Phi) is 6.62. The van der Waals surface area contributed by atoms with E-state index < -0.39 is 40.4 Å². The summed E-state index contributed by atoms with van der Waals surface area (Å²) in [4.78, 5) is 24.3. The van der Waals surface area contributed by atoms with E-state index in [1.54, 1.807) is 6.92 Å². The SMILES string of the molecule is Cc1cc(F)ccc1Oc1cc(Br)cc(F)c1C(=O)Nc1ccc(F)c(C(=O)NO)c1. The number of halogens is 4. The van der Waals surface area contributed by atoms with Gasteiger partial charge in [-0.25, -0.2) is 18.7 Å². The first-order chi connectivity index (χ1) is 14.7. The van der Waals surface area contributed by atoms with Gasteiger partial charge in [-0.05, 0) is 61.0 Å². The van der Waals surface area contributed by atoms with Crippen molar-refractivity contribution in [3.63, 3.8) is 0 Å². The molecule has 0 atom stereocenters. The van der Waals surface area contributed by atoms with E-state index in [0.29, 0.717) is 10.0 Å². The molecule has 0 radical (unpaired) electrons. The Hall–Kier alpha value is -3.37. The lowest BCUT2D eigenvalue weighted by Gasteiger charge is -2.15. The van der Waals surface area contributed by atoms with Crippen LogP contribution in [0, 0.1) is 24.4 Å². The first-order valence-corrected chi connectivity index (χ1v) is 9.47. The smallest absolute Gasteiger partial charge is 0.277 e. The average molecular weight is 495 g/mol. The minimum absolute atomic E-state index is 0.0313. The Balaban J connectivity index is 1.97. The highest BCUT2D eigenvalue weighted by atomic mass is 79.9. The predicted molar refractivity (Wildman–Crippen MR) is 109 cm³/mol. The van der Waals surface area contributed by atoms with Gasteiger partial charge in [0.1, 0.15) is 34.5 Å². The van der Waals surface area contributed by atoms with E-state index in [-0.39, 0.29) is 17.2 Å². The molecule has 6 nitrogen and oxygen atoms in total. The van der Waals surface area contributed by atoms with Crippen LogP contribution in [0.2, 0.25) is 0 Å². The van der Waals surface area contributed by atoms with Crippen LogP contribution in [0.1, 0.15) is 26.3 Å². The molecule has 0 aliphatic carbocycles. The van der Waals surface area contributed by atoms with Crippen LogP contribution in [0.15, 0.2) is 53.0 Å². The van der Waals surface area contributed by atoms with E-state index >= 15 is 0 Å². The van der Waals surface area contributed by atoms with Gasteiger partial charge in [-0.15, -0.1) is 0 Å². The Morgan fingerprint density at radius 3 is 2.35 bits per heavy atom. The number of amides is 2. The van der Waals surface area contributed by atoms with Gasteiger partial charge in [0, 0.05) is 10.2 Å². The first kappa shape index (κ1) is 22.3. The van der Waals surface area contributed by atoms with Crippen LogP contribution < -0.4 is 15.5 Å². The molecule has 3 rings (SSSR count). The molecular formula is C21H14BrF3N2O4. The van der Waals surface area contributed by atoms with Gasteiger partial charge in [-0.3, -0.25) is 14.8 Å². The molecule has 3 aromatic carbocycles. The van der Waals surface area contributed by atoms with Gasteiger partial charge in [0.05, 0.1) is 5.56 Å². The fourth-order valence-electron chi connectivity index (χ4n) is 2.73. The number of carbonyl (C=O) groups excluding carboxylic acids is 2. The van der Waals surface area contributed by atoms with E-state index in [0.717, 1.165) is 30.3 Å². The fraction of sp³-hybridized carbons (Fsp3) is 0.0476. The summed E-state index contributed by atoms with van der Waals surface area (Å²) in [6, 6.07) is 9.15. The van der Waals surface area contributed by atoms with Gasteiger partial charge < -0.3 is 10.1 Å². The summed E-state index contributed by atoms with van der Waals surface area (Å²) in [5.74, 6) is -4.36. The monoisotopic (exact) mass is 494 g/mol. The standard InChI is InChI=1S/C21H14BrF3N2O4/c1-10-6-12(23)2-5-17(10)31-18-8-11(22)7-16(25)19(18)21(29)26-13-3-4-15(24)14(9-13)20(28)27-30/h2-9,30H,1H3,(H,26,29)(H,27,28). The van der Waals surface area contributed by atoms with Gasteiger partial charge in [-0.2, -0.15) is 0 Å². The summed E-state index contributed by atoms with van der Waals surface area (Å²) in [7, 11) is 0. The van der Waals surface area contributed by atoms with Gasteiger partial charge in [0.15, 0.2) is 0 Å². The molecule has 0 bridgehead atoms. The molecule has 0 heterocycles. The van der Waals surface area contributed by atoms with Crippen LogP contribution in [-0.2, 0) is 0 Å². The summed E-state index contributed by atoms with van der Waals surface area (Å²) in [6.45, 7) is 1.58. The third-order valence-corrected chi connectivity index (χ3v) is 4.63. The highest BCUT2D eigenvalue weighted by Gasteiger charge is 2.22. The number of anilines is 1. The Bertz CT molecular complexity index is 1190. The van der Waals surface area contributed by atoms with Crippen LogP contribution in [0.4, 0.5) is 18.9 Å². The highest BCUT2D eigenvalue weighted by Crippen LogP contribution is 2.33. The van der Waals surface area contributed by atoms with Crippen molar-refractivity contribution in [2.75, 3.05) is 5.32 Å². The predicted octanol–water partition coefficient (Wildman–Crippen LogP) is 5.34. The molecule has 0 spiro atoms. The van der Waals surface area contributed by atoms with Crippen LogP contribution in [-0.4, -0.2) is 17.0 Å². The van der Waals surface area contributed by atoms with Crippen molar-refractivity contribution in [3.05, 3.63) is 87.1 Å². The number of aryl methyl sites for hydroxylation is 1. The van der Waals surface area contributed by atoms with Crippen molar-refractivity contribution in [1.82, 2.24) is 5.48 Å². The molecular weight excluding hydrogens is 481 g/mol. The topological polar surface area (TPSA) is 87.7 Å². The molecule has 31 heavy (non-hydrogen) atoms. The summed E-state index contributed by atoms with van der Waals surface area (Å²) < 4.78 is 47.7. The zero-order valence-corrected chi connectivity index (χ0v) is 17.4. The first-order valence-electron chi connectivity index (χ1n) is 8.68. The van der Waals surface area contributed by atoms with Crippen molar-refractivity contribution < 1.29 is 32.7 Å². The minimum atomic E-state index is -1.13. The number of hydrogen-bond acceptors (Lipinski definition) is 4. The molecule has 2 amide bonds. The zero-order chi connectivity index (χ0) is 22.7. The molecule has 0 fully saturated rings. The van der Waals surface area contributed by atoms with Gasteiger partial charge >= 0.3 is 0 Å². The maximum atomic E-state index is 14.7. The largest absolute Gasteiger partial charge is 0.456 e. The van der Waals surface area contributed by atoms with E-state index in [4.69, 9.17) is 9.94 Å². The van der Waals surface area contributed by atoms with Gasteiger partial charge in [-0.1, -0.05) is 15.9 Å². The van der Waals surface area contributed by atoms with Crippen LogP contribution in [0.5, 0.6) is 11.5 Å². The van der Waals surface area contributed by atoms with E-state index in [1.165, 1.54) is 23.7 Å². The fourth-order valence-corrected chi connectivity index (χ4v) is 3.14. The normalized spacial score (nSPS) is 10.5. The number of hydrogen-bond donors (Lipinski definition) is 3. The Morgan fingerprint density at radius 2 is 1.68 bits per heavy atom. The Labute approximate surface area is 182 Å². The summed E-state index contributed by atoms with van der Waals surface area (Å²) in [6.07, 6.45) is 0. The second-order valence-electron chi connectivity index (χ2n) is 6.36. The molecule has 0 unspecified atom stereocenters. The number of rotatable bonds is 5. The van der Waals surface area contributed by atoms with E-state index in [2.05, 4.69) is 21.2 Å². The van der Waals surface area contributed by atoms with Gasteiger partial charge in [0.25, 0.3) is 11.8 Å². The Morgan fingerprint density at radius 1 is 0.935 bits per heavy atom. The van der Waals surface area contributed by atoms with E-state index in [1.807, 2.05) is 0 Å². The van der Waals surface area contributed by atoms with Crippen LogP contribution >= 0.6 is 15.9 Å². The van der Waals surface area contributed by atoms with Gasteiger partial charge in [0.2, 0.25) is 0 Å². The molecule has 3 N–H and O–H groups in total. The minimum Gasteiger partial charge on any atom is -0.456 e. The zero-order valence-electron chi connectivity index (χ0n) is 15.8. The molecule has 160 valence electrons. The van der Waals surface area contributed by atoms with Crippen LogP contribution in [0.3, 0.4) is 0 Å². The number of carbonyl (C=O) groups is 2. The molecule has 0 aliphatic heterocycles. The molecule has 10 heteroatoms. The lowest BCUT2D eigenvalue weighted by Crippen LogP contribution is -2.21. The number of ether oxygens (including phenoxy) is 1. The molecule has 0 saturated carbocycles. The molecule has 0 saturated heterocycles. The summed E-state index contributed by atoms with van der Waals surface area (Å²) in [5.41, 5.74) is 0.681. The average Bonchev–Trinajstić information content (AvgIpc) is 2.70. The van der Waals surface area contributed by atoms with Crippen molar-refractivity contribution in [2.24, 2.45) is 0 Å². The lowest BCUT2D eigenvalue weighted by atomic mass is 10.1. The maximum absolute atomic E-state index is 14.7. The van der Waals surface area contributed by atoms with Crippen molar-refractivity contribution in [1.29, 1.82) is 0 Å². The van der Waals surface area contributed by atoms with Crippen molar-refractivity contribution >= 4 is 33.4 Å². The van der Waals surface area contributed by atoms with Crippen molar-refractivity contribution in [3.8, 4) is 11.5 Å². The highest BCUT2D eigenvalue weighted by molar-refractivity contribution is 9.10. The second kappa shape index (κ2) is 9.19. The quantitative estimate of drug-likeness (QED) is 0.330.